The number of nitrogens with one attached hydrogen (secondary N) is 2. The van der Waals surface area contributed by atoms with Gasteiger partial charge >= 0.3 is 0 Å². The topological polar surface area (TPSA) is 112 Å². The van der Waals surface area contributed by atoms with Crippen molar-refractivity contribution in [3.63, 3.8) is 0 Å². The molecule has 1 saturated heterocycles. The molecule has 3 aliphatic rings. The van der Waals surface area contributed by atoms with Crippen LogP contribution in [0.2, 0.25) is 0 Å². The van der Waals surface area contributed by atoms with E-state index in [2.05, 4.69) is 104 Å². The molecular formula is C45H61N7O4. The van der Waals surface area contributed by atoms with Crippen molar-refractivity contribution in [2.45, 2.75) is 123 Å². The smallest absolute Gasteiger partial charge is 0.163 e. The number of anilines is 1. The Labute approximate surface area is 331 Å². The molecule has 11 heteroatoms. The van der Waals surface area contributed by atoms with E-state index in [-0.39, 0.29) is 23.7 Å². The fourth-order valence-electron chi connectivity index (χ4n) is 9.43. The molecule has 3 fully saturated rings. The predicted octanol–water partition coefficient (Wildman–Crippen LogP) is 8.68. The van der Waals surface area contributed by atoms with Crippen LogP contribution < -0.4 is 14.8 Å². The summed E-state index contributed by atoms with van der Waals surface area (Å²) in [6.45, 7) is 18.2. The SMILES string of the molecule is COc1ccc(CNc2ncnc3c2ccn3[C@@H]2C[C@H](CN(CC(C)C)C3CC(CCc4nc5cc(C(C)(C)C)ccc5[nH]4)C3)[C@H]3OC(C)(C)O[C@H]32)c(OC)c1. The summed E-state index contributed by atoms with van der Waals surface area (Å²) in [6.07, 6.45) is 9.40. The maximum atomic E-state index is 6.73. The minimum absolute atomic E-state index is 0.0202. The number of nitrogens with zero attached hydrogens (tertiary/aromatic N) is 5. The van der Waals surface area contributed by atoms with Gasteiger partial charge in [0, 0.05) is 55.8 Å². The van der Waals surface area contributed by atoms with Crippen LogP contribution in [0.5, 0.6) is 11.5 Å². The minimum Gasteiger partial charge on any atom is -0.497 e. The molecule has 2 aliphatic carbocycles. The summed E-state index contributed by atoms with van der Waals surface area (Å²) in [5.74, 6) is 4.45. The number of H-pyrrole nitrogens is 1. The number of benzene rings is 2. The Morgan fingerprint density at radius 3 is 2.55 bits per heavy atom. The summed E-state index contributed by atoms with van der Waals surface area (Å²) in [5.41, 5.74) is 5.59. The zero-order valence-corrected chi connectivity index (χ0v) is 34.8. The summed E-state index contributed by atoms with van der Waals surface area (Å²) in [4.78, 5) is 20.8. The zero-order valence-electron chi connectivity index (χ0n) is 34.8. The summed E-state index contributed by atoms with van der Waals surface area (Å²) in [6, 6.07) is 15.4. The number of ether oxygens (including phenoxy) is 4. The molecule has 4 atom stereocenters. The number of rotatable bonds is 14. The normalized spacial score (nSPS) is 24.6. The third-order valence-corrected chi connectivity index (χ3v) is 12.3. The van der Waals surface area contributed by atoms with Crippen LogP contribution in [-0.2, 0) is 27.9 Å². The maximum absolute atomic E-state index is 6.73. The number of aromatic amines is 1. The largest absolute Gasteiger partial charge is 0.497 e. The van der Waals surface area contributed by atoms with Gasteiger partial charge in [-0.25, -0.2) is 15.0 Å². The van der Waals surface area contributed by atoms with E-state index < -0.39 is 5.79 Å². The van der Waals surface area contributed by atoms with Crippen molar-refractivity contribution < 1.29 is 18.9 Å². The number of aryl methyl sites for hydroxylation is 1. The molecule has 2 aromatic carbocycles. The highest BCUT2D eigenvalue weighted by Crippen LogP contribution is 2.49. The second-order valence-corrected chi connectivity index (χ2v) is 18.4. The third kappa shape index (κ3) is 7.87. The van der Waals surface area contributed by atoms with E-state index in [1.807, 2.05) is 18.2 Å². The molecule has 2 saturated carbocycles. The van der Waals surface area contributed by atoms with Gasteiger partial charge in [-0.15, -0.1) is 0 Å². The van der Waals surface area contributed by atoms with Crippen LogP contribution in [0.25, 0.3) is 22.1 Å². The average molecular weight is 764 g/mol. The Bertz CT molecular complexity index is 2150. The first-order valence-electron chi connectivity index (χ1n) is 20.6. The van der Waals surface area contributed by atoms with Crippen LogP contribution in [-0.4, -0.2) is 80.7 Å². The molecule has 0 amide bonds. The van der Waals surface area contributed by atoms with E-state index in [9.17, 15) is 0 Å². The molecule has 4 heterocycles. The van der Waals surface area contributed by atoms with Crippen LogP contribution >= 0.6 is 0 Å². The highest BCUT2D eigenvalue weighted by Gasteiger charge is 2.55. The number of methoxy groups -OCH3 is 2. The first-order chi connectivity index (χ1) is 26.8. The summed E-state index contributed by atoms with van der Waals surface area (Å²) < 4.78 is 26.8. The maximum Gasteiger partial charge on any atom is 0.163 e. The number of imidazole rings is 1. The van der Waals surface area contributed by atoms with Crippen molar-refractivity contribution in [1.82, 2.24) is 29.4 Å². The summed E-state index contributed by atoms with van der Waals surface area (Å²) >= 11 is 0. The van der Waals surface area contributed by atoms with Gasteiger partial charge in [-0.3, -0.25) is 4.90 Å². The number of aromatic nitrogens is 5. The van der Waals surface area contributed by atoms with Crippen molar-refractivity contribution >= 4 is 27.9 Å². The van der Waals surface area contributed by atoms with E-state index in [4.69, 9.17) is 28.9 Å². The number of hydrogen-bond donors (Lipinski definition) is 2. The molecule has 5 aromatic rings. The van der Waals surface area contributed by atoms with Crippen LogP contribution in [0, 0.1) is 17.8 Å². The van der Waals surface area contributed by atoms with E-state index in [0.29, 0.717) is 24.4 Å². The van der Waals surface area contributed by atoms with Crippen molar-refractivity contribution in [2.75, 3.05) is 32.6 Å². The molecular weight excluding hydrogens is 703 g/mol. The molecule has 2 N–H and O–H groups in total. The highest BCUT2D eigenvalue weighted by molar-refractivity contribution is 5.87. The molecule has 56 heavy (non-hydrogen) atoms. The summed E-state index contributed by atoms with van der Waals surface area (Å²) in [5, 5.41) is 4.52. The van der Waals surface area contributed by atoms with Crippen molar-refractivity contribution in [2.24, 2.45) is 17.8 Å². The standard InChI is InChI=1S/C45H61N7O4/c1-27(2)24-51(32-18-28(19-32)10-15-39-49-35-14-12-31(44(3,4)5)21-36(35)50-39)25-30-20-37(41-40(30)55-45(6,7)56-41)52-17-16-34-42(47-26-48-43(34)52)46-23-29-11-13-33(53-8)22-38(29)54-9/h11-14,16-17,21-22,26-28,30,32,37,40-41H,10,15,18-20,23-25H2,1-9H3,(H,49,50)(H,46,47,48)/t28?,30-,32?,37-,40-,41+/m1/s1. The molecule has 0 spiro atoms. The molecule has 0 radical (unpaired) electrons. The van der Waals surface area contributed by atoms with Gasteiger partial charge in [0.05, 0.1) is 42.8 Å². The molecule has 1 aliphatic heterocycles. The van der Waals surface area contributed by atoms with Gasteiger partial charge in [-0.2, -0.15) is 0 Å². The van der Waals surface area contributed by atoms with Gasteiger partial charge < -0.3 is 33.8 Å². The molecule has 11 nitrogen and oxygen atoms in total. The van der Waals surface area contributed by atoms with Gasteiger partial charge in [0.15, 0.2) is 5.79 Å². The Morgan fingerprint density at radius 1 is 1.00 bits per heavy atom. The zero-order chi connectivity index (χ0) is 39.4. The quantitative estimate of drug-likeness (QED) is 0.115. The van der Waals surface area contributed by atoms with Gasteiger partial charge in [0.25, 0.3) is 0 Å². The lowest BCUT2D eigenvalue weighted by molar-refractivity contribution is -0.161. The number of fused-ring (bicyclic) bond motifs is 3. The van der Waals surface area contributed by atoms with Crippen molar-refractivity contribution in [1.29, 1.82) is 0 Å². The lowest BCUT2D eigenvalue weighted by Crippen LogP contribution is -2.49. The van der Waals surface area contributed by atoms with Gasteiger partial charge in [-0.1, -0.05) is 40.7 Å². The fraction of sp³-hybridized carbons (Fsp3) is 0.578. The lowest BCUT2D eigenvalue weighted by atomic mass is 9.76. The molecule has 8 rings (SSSR count). The van der Waals surface area contributed by atoms with Crippen LogP contribution in [0.4, 0.5) is 5.82 Å². The Morgan fingerprint density at radius 2 is 1.80 bits per heavy atom. The second-order valence-electron chi connectivity index (χ2n) is 18.4. The van der Waals surface area contributed by atoms with Gasteiger partial charge in [0.1, 0.15) is 41.2 Å². The van der Waals surface area contributed by atoms with Crippen LogP contribution in [0.3, 0.4) is 0 Å². The molecule has 3 aromatic heterocycles. The average Bonchev–Trinajstić information content (AvgIpc) is 3.90. The lowest BCUT2D eigenvalue weighted by Gasteiger charge is -2.45. The highest BCUT2D eigenvalue weighted by atomic mass is 16.8. The van der Waals surface area contributed by atoms with Crippen molar-refractivity contribution in [3.05, 3.63) is 71.9 Å². The first kappa shape index (κ1) is 38.7. The molecule has 0 unspecified atom stereocenters. The Hall–Kier alpha value is -4.19. The third-order valence-electron chi connectivity index (χ3n) is 12.3. The monoisotopic (exact) mass is 763 g/mol. The Kier molecular flexibility index (Phi) is 10.6. The van der Waals surface area contributed by atoms with E-state index in [1.165, 1.54) is 24.8 Å². The van der Waals surface area contributed by atoms with Gasteiger partial charge in [0.2, 0.25) is 0 Å². The molecule has 0 bridgehead atoms. The summed E-state index contributed by atoms with van der Waals surface area (Å²) in [7, 11) is 3.34. The second kappa shape index (κ2) is 15.3. The van der Waals surface area contributed by atoms with Crippen LogP contribution in [0.15, 0.2) is 55.0 Å². The molecule has 300 valence electrons. The van der Waals surface area contributed by atoms with E-state index in [1.54, 1.807) is 20.5 Å². The number of hydrogen-bond acceptors (Lipinski definition) is 9. The van der Waals surface area contributed by atoms with Gasteiger partial charge in [-0.05, 0) is 92.7 Å². The minimum atomic E-state index is -0.635. The van der Waals surface area contributed by atoms with E-state index >= 15 is 0 Å². The predicted molar refractivity (Wildman–Crippen MR) is 221 cm³/mol. The Balaban J connectivity index is 0.940. The van der Waals surface area contributed by atoms with Crippen molar-refractivity contribution in [3.8, 4) is 11.5 Å². The fourth-order valence-corrected chi connectivity index (χ4v) is 9.43. The van der Waals surface area contributed by atoms with Crippen LogP contribution in [0.1, 0.15) is 97.1 Å². The van der Waals surface area contributed by atoms with E-state index in [0.717, 1.165) is 82.6 Å². The first-order valence-corrected chi connectivity index (χ1v) is 20.6.